The number of nitrogens with zero attached hydrogens (tertiary/aromatic N) is 6. The maximum atomic E-state index is 13.7. The second-order valence-electron chi connectivity index (χ2n) is 10.7. The number of rotatable bonds is 8. The number of carbonyl (C=O) groups excluding carboxylic acids is 2. The predicted octanol–water partition coefficient (Wildman–Crippen LogP) is 4.79. The summed E-state index contributed by atoms with van der Waals surface area (Å²) in [6.07, 6.45) is 0.833. The molecule has 0 radical (unpaired) electrons. The van der Waals surface area contributed by atoms with Gasteiger partial charge in [-0.05, 0) is 80.8 Å². The fourth-order valence-electron chi connectivity index (χ4n) is 4.50. The molecule has 0 aliphatic heterocycles. The third kappa shape index (κ3) is 8.10. The predicted molar refractivity (Wildman–Crippen MR) is 176 cm³/mol. The van der Waals surface area contributed by atoms with Crippen LogP contribution in [-0.4, -0.2) is 70.9 Å². The maximum absolute atomic E-state index is 13.7. The van der Waals surface area contributed by atoms with Crippen LogP contribution in [0.15, 0.2) is 96.1 Å². The van der Waals surface area contributed by atoms with Crippen LogP contribution >= 0.6 is 0 Å². The molecule has 3 aromatic carbocycles. The van der Waals surface area contributed by atoms with Gasteiger partial charge in [-0.3, -0.25) is 14.2 Å². The standard InChI is InChI=1S/C27H22F3N7O2.C6H11NO/c1-35(2)20-7-4-8-21(14-20)37-24-22(23(31)32-15-33-24)36(26(37)39)19-11-9-16(10-12-19)25(38)34-18-6-3-5-17(13-18)27(28,29)30;1-7(2)5-3-4-6-8/h3-15H,1-2H3,(H,34,38)(H2,31,32,33);3-4,6H,5H2,1-2H3/b;4-3+. The highest BCUT2D eigenvalue weighted by Crippen LogP contribution is 2.31. The molecule has 0 fully saturated rings. The summed E-state index contributed by atoms with van der Waals surface area (Å²) < 4.78 is 41.8. The highest BCUT2D eigenvalue weighted by molar-refractivity contribution is 6.04. The van der Waals surface area contributed by atoms with Crippen LogP contribution in [0.1, 0.15) is 15.9 Å². The third-order valence-electron chi connectivity index (χ3n) is 6.77. The van der Waals surface area contributed by atoms with Crippen molar-refractivity contribution in [3.63, 3.8) is 0 Å². The Morgan fingerprint density at radius 2 is 1.64 bits per heavy atom. The summed E-state index contributed by atoms with van der Waals surface area (Å²) in [5.74, 6) is -0.523. The molecule has 0 spiro atoms. The van der Waals surface area contributed by atoms with Crippen LogP contribution in [0.5, 0.6) is 0 Å². The van der Waals surface area contributed by atoms with Crippen molar-refractivity contribution in [1.82, 2.24) is 24.0 Å². The Hall–Kier alpha value is -5.76. The number of imidazole rings is 1. The van der Waals surface area contributed by atoms with Gasteiger partial charge in [0.25, 0.3) is 5.91 Å². The Labute approximate surface area is 268 Å². The number of halogens is 3. The van der Waals surface area contributed by atoms with Crippen LogP contribution in [0.25, 0.3) is 22.5 Å². The number of carbonyl (C=O) groups is 2. The molecule has 0 aliphatic rings. The molecule has 5 rings (SSSR count). The van der Waals surface area contributed by atoms with Crippen LogP contribution < -0.4 is 21.6 Å². The van der Waals surface area contributed by atoms with Crippen molar-refractivity contribution in [1.29, 1.82) is 0 Å². The van der Waals surface area contributed by atoms with Crippen molar-refractivity contribution >= 4 is 40.5 Å². The smallest absolute Gasteiger partial charge is 0.382 e. The molecule has 0 unspecified atom stereocenters. The van der Waals surface area contributed by atoms with Gasteiger partial charge in [-0.25, -0.2) is 19.3 Å². The zero-order valence-corrected chi connectivity index (χ0v) is 26.1. The average Bonchev–Trinajstić information content (AvgIpc) is 3.34. The number of alkyl halides is 3. The molecular weight excluding hydrogens is 613 g/mol. The molecule has 0 saturated heterocycles. The zero-order chi connectivity index (χ0) is 34.3. The number of likely N-dealkylation sites (N-methyl/N-ethyl adjacent to an activating group) is 1. The average molecular weight is 647 g/mol. The Morgan fingerprint density at radius 3 is 2.28 bits per heavy atom. The third-order valence-corrected chi connectivity index (χ3v) is 6.77. The van der Waals surface area contributed by atoms with Gasteiger partial charge in [0.05, 0.1) is 16.9 Å². The molecule has 0 aliphatic carbocycles. The molecule has 2 aromatic heterocycles. The number of amides is 1. The number of fused-ring (bicyclic) bond motifs is 1. The number of hydrogen-bond donors (Lipinski definition) is 2. The largest absolute Gasteiger partial charge is 0.416 e. The molecule has 0 atom stereocenters. The normalized spacial score (nSPS) is 11.4. The van der Waals surface area contributed by atoms with Crippen molar-refractivity contribution in [2.45, 2.75) is 6.18 Å². The van der Waals surface area contributed by atoms with E-state index in [0.29, 0.717) is 22.5 Å². The Morgan fingerprint density at radius 1 is 0.936 bits per heavy atom. The van der Waals surface area contributed by atoms with Gasteiger partial charge in [-0.15, -0.1) is 0 Å². The number of aldehydes is 1. The summed E-state index contributed by atoms with van der Waals surface area (Å²) >= 11 is 0. The van der Waals surface area contributed by atoms with Crippen molar-refractivity contribution in [3.05, 3.63) is 113 Å². The SMILES string of the molecule is CN(C)C/C=C/C=O.CN(C)c1cccc(-n2c(=O)n(-c3ccc(C(=O)Nc4cccc(C(F)(F)F)c4)cc3)c3c(N)ncnc32)c1. The molecule has 3 N–H and O–H groups in total. The molecule has 5 aromatic rings. The molecule has 0 saturated carbocycles. The molecule has 0 bridgehead atoms. The number of nitrogens with two attached hydrogens (primary N) is 1. The molecule has 47 heavy (non-hydrogen) atoms. The highest BCUT2D eigenvalue weighted by Gasteiger charge is 2.30. The van der Waals surface area contributed by atoms with Gasteiger partial charge in [0.2, 0.25) is 0 Å². The van der Waals surface area contributed by atoms with Gasteiger partial charge in [-0.1, -0.05) is 18.2 Å². The van der Waals surface area contributed by atoms with E-state index in [1.54, 1.807) is 6.07 Å². The van der Waals surface area contributed by atoms with Crippen molar-refractivity contribution in [2.75, 3.05) is 50.7 Å². The fraction of sp³-hybridized carbons (Fsp3) is 0.182. The lowest BCUT2D eigenvalue weighted by molar-refractivity contribution is -0.137. The number of anilines is 3. The van der Waals surface area contributed by atoms with Crippen molar-refractivity contribution < 1.29 is 22.8 Å². The van der Waals surface area contributed by atoms with E-state index < -0.39 is 23.3 Å². The molecule has 14 heteroatoms. The maximum Gasteiger partial charge on any atom is 0.416 e. The van der Waals surface area contributed by atoms with Crippen molar-refractivity contribution in [3.8, 4) is 11.4 Å². The summed E-state index contributed by atoms with van der Waals surface area (Å²) in [6.45, 7) is 0.832. The highest BCUT2D eigenvalue weighted by atomic mass is 19.4. The molecular formula is C33H33F3N8O3. The summed E-state index contributed by atoms with van der Waals surface area (Å²) in [6, 6.07) is 17.7. The number of nitrogen functional groups attached to an aromatic ring is 1. The van der Waals surface area contributed by atoms with Gasteiger partial charge in [0.15, 0.2) is 11.5 Å². The molecule has 2 heterocycles. The first-order valence-corrected chi connectivity index (χ1v) is 14.2. The van der Waals surface area contributed by atoms with E-state index in [4.69, 9.17) is 5.73 Å². The topological polar surface area (TPSA) is 131 Å². The summed E-state index contributed by atoms with van der Waals surface area (Å²) in [7, 11) is 7.68. The Kier molecular flexibility index (Phi) is 10.6. The number of allylic oxidation sites excluding steroid dienone is 1. The fourth-order valence-corrected chi connectivity index (χ4v) is 4.50. The molecule has 244 valence electrons. The minimum atomic E-state index is -4.53. The minimum absolute atomic E-state index is 0.00284. The van der Waals surface area contributed by atoms with Crippen LogP contribution in [0.4, 0.5) is 30.4 Å². The quantitative estimate of drug-likeness (QED) is 0.182. The van der Waals surface area contributed by atoms with Crippen LogP contribution in [0.3, 0.4) is 0 Å². The lowest BCUT2D eigenvalue weighted by Gasteiger charge is -2.13. The Bertz CT molecular complexity index is 1960. The monoisotopic (exact) mass is 646 g/mol. The molecule has 1 amide bonds. The number of nitrogens with one attached hydrogen (secondary N) is 1. The second kappa shape index (κ2) is 14.6. The number of hydrogen-bond acceptors (Lipinski definition) is 8. The lowest BCUT2D eigenvalue weighted by Crippen LogP contribution is -2.22. The minimum Gasteiger partial charge on any atom is -0.382 e. The van der Waals surface area contributed by atoms with Gasteiger partial charge < -0.3 is 20.9 Å². The summed E-state index contributed by atoms with van der Waals surface area (Å²) in [5.41, 5.74) is 7.45. The van der Waals surface area contributed by atoms with E-state index in [-0.39, 0.29) is 17.1 Å². The lowest BCUT2D eigenvalue weighted by atomic mass is 10.1. The van der Waals surface area contributed by atoms with E-state index in [1.165, 1.54) is 57.9 Å². The first-order chi connectivity index (χ1) is 22.3. The number of aromatic nitrogens is 4. The van der Waals surface area contributed by atoms with E-state index in [9.17, 15) is 27.6 Å². The van der Waals surface area contributed by atoms with Gasteiger partial charge in [0.1, 0.15) is 18.1 Å². The van der Waals surface area contributed by atoms with Crippen LogP contribution in [0.2, 0.25) is 0 Å². The zero-order valence-electron chi connectivity index (χ0n) is 26.1. The van der Waals surface area contributed by atoms with Gasteiger partial charge in [0, 0.05) is 37.6 Å². The van der Waals surface area contributed by atoms with E-state index in [0.717, 1.165) is 30.7 Å². The second-order valence-corrected chi connectivity index (χ2v) is 10.7. The van der Waals surface area contributed by atoms with Crippen LogP contribution in [-0.2, 0) is 11.0 Å². The summed E-state index contributed by atoms with van der Waals surface area (Å²) in [5, 5.41) is 2.46. The Balaban J connectivity index is 0.000000555. The first-order valence-electron chi connectivity index (χ1n) is 14.2. The summed E-state index contributed by atoms with van der Waals surface area (Å²) in [4.78, 5) is 48.4. The van der Waals surface area contributed by atoms with Gasteiger partial charge >= 0.3 is 11.9 Å². The molecule has 11 nitrogen and oxygen atoms in total. The van der Waals surface area contributed by atoms with E-state index in [1.807, 2.05) is 62.3 Å². The van der Waals surface area contributed by atoms with E-state index in [2.05, 4.69) is 15.3 Å². The van der Waals surface area contributed by atoms with E-state index >= 15 is 0 Å². The first kappa shape index (κ1) is 34.1. The van der Waals surface area contributed by atoms with Gasteiger partial charge in [-0.2, -0.15) is 13.2 Å². The number of benzene rings is 3. The van der Waals surface area contributed by atoms with Crippen LogP contribution in [0, 0.1) is 0 Å². The van der Waals surface area contributed by atoms with Crippen molar-refractivity contribution in [2.24, 2.45) is 0 Å².